The molecule has 4 heteroatoms. The highest BCUT2D eigenvalue weighted by Crippen LogP contribution is 2.16. The molecule has 0 N–H and O–H groups in total. The molecule has 3 aromatic heterocycles. The van der Waals surface area contributed by atoms with Crippen LogP contribution in [-0.4, -0.2) is 14.4 Å². The molecule has 0 amide bonds. The standard InChI is InChI=1S/C15H9N3O/c19-15-11-9-10-5-1-2-6-12(10)16-14(11)17-13-7-3-4-8-18(13)15/h1-9H. The minimum Gasteiger partial charge on any atom is -0.268 e. The van der Waals surface area contributed by atoms with Crippen molar-refractivity contribution in [2.45, 2.75) is 0 Å². The summed E-state index contributed by atoms with van der Waals surface area (Å²) in [5.74, 6) is 0. The minimum absolute atomic E-state index is 0.0844. The SMILES string of the molecule is O=c1c2cc3ccccc3nc2nc2ccccn12. The molecular weight excluding hydrogens is 238 g/mol. The fraction of sp³-hybridized carbons (Fsp3) is 0. The maximum absolute atomic E-state index is 12.4. The van der Waals surface area contributed by atoms with Crippen LogP contribution >= 0.6 is 0 Å². The fourth-order valence-corrected chi connectivity index (χ4v) is 2.28. The lowest BCUT2D eigenvalue weighted by molar-refractivity contribution is 1.07. The molecule has 4 aromatic rings. The molecule has 3 heterocycles. The lowest BCUT2D eigenvalue weighted by Crippen LogP contribution is -2.15. The molecule has 0 fully saturated rings. The molecule has 0 aliphatic heterocycles. The van der Waals surface area contributed by atoms with Crippen LogP contribution in [0.2, 0.25) is 0 Å². The largest absolute Gasteiger partial charge is 0.268 e. The van der Waals surface area contributed by atoms with Gasteiger partial charge in [0.15, 0.2) is 5.65 Å². The predicted octanol–water partition coefficient (Wildman–Crippen LogP) is 2.40. The number of para-hydroxylation sites is 1. The number of pyridine rings is 2. The molecule has 0 saturated carbocycles. The number of benzene rings is 1. The van der Waals surface area contributed by atoms with Gasteiger partial charge in [-0.25, -0.2) is 9.97 Å². The highest BCUT2D eigenvalue weighted by atomic mass is 16.1. The van der Waals surface area contributed by atoms with Gasteiger partial charge in [-0.2, -0.15) is 0 Å². The second-order valence-corrected chi connectivity index (χ2v) is 4.40. The zero-order chi connectivity index (χ0) is 12.8. The zero-order valence-electron chi connectivity index (χ0n) is 9.95. The first-order chi connectivity index (χ1) is 9.33. The predicted molar refractivity (Wildman–Crippen MR) is 74.3 cm³/mol. The Balaban J connectivity index is 2.29. The molecule has 4 rings (SSSR count). The van der Waals surface area contributed by atoms with Gasteiger partial charge in [0.05, 0.1) is 10.9 Å². The summed E-state index contributed by atoms with van der Waals surface area (Å²) in [6, 6.07) is 15.1. The van der Waals surface area contributed by atoms with Crippen LogP contribution in [0.15, 0.2) is 59.5 Å². The summed E-state index contributed by atoms with van der Waals surface area (Å²) >= 11 is 0. The van der Waals surface area contributed by atoms with Crippen LogP contribution in [0, 0.1) is 0 Å². The van der Waals surface area contributed by atoms with Crippen molar-refractivity contribution in [3.05, 3.63) is 65.1 Å². The molecule has 0 bridgehead atoms. The smallest absolute Gasteiger partial charge is 0.267 e. The van der Waals surface area contributed by atoms with E-state index >= 15 is 0 Å². The van der Waals surface area contributed by atoms with Crippen LogP contribution in [0.4, 0.5) is 0 Å². The Morgan fingerprint density at radius 2 is 1.79 bits per heavy atom. The molecule has 0 spiro atoms. The fourth-order valence-electron chi connectivity index (χ4n) is 2.28. The Hall–Kier alpha value is -2.75. The van der Waals surface area contributed by atoms with Crippen LogP contribution in [0.5, 0.6) is 0 Å². The molecule has 0 aliphatic carbocycles. The molecule has 1 aromatic carbocycles. The van der Waals surface area contributed by atoms with E-state index in [1.165, 1.54) is 0 Å². The Bertz CT molecular complexity index is 983. The monoisotopic (exact) mass is 247 g/mol. The van der Waals surface area contributed by atoms with Crippen molar-refractivity contribution < 1.29 is 0 Å². The van der Waals surface area contributed by atoms with Crippen LogP contribution in [0.1, 0.15) is 0 Å². The summed E-state index contributed by atoms with van der Waals surface area (Å²) in [6.45, 7) is 0. The third kappa shape index (κ3) is 1.43. The minimum atomic E-state index is -0.0844. The van der Waals surface area contributed by atoms with E-state index in [1.54, 1.807) is 16.7 Å². The van der Waals surface area contributed by atoms with Gasteiger partial charge in [-0.1, -0.05) is 24.3 Å². The van der Waals surface area contributed by atoms with Crippen molar-refractivity contribution in [2.75, 3.05) is 0 Å². The molecule has 0 unspecified atom stereocenters. The maximum atomic E-state index is 12.4. The van der Waals surface area contributed by atoms with Crippen LogP contribution in [0.25, 0.3) is 27.6 Å². The summed E-state index contributed by atoms with van der Waals surface area (Å²) in [6.07, 6.45) is 1.72. The molecule has 4 nitrogen and oxygen atoms in total. The zero-order valence-corrected chi connectivity index (χ0v) is 9.95. The van der Waals surface area contributed by atoms with E-state index in [2.05, 4.69) is 9.97 Å². The van der Waals surface area contributed by atoms with Crippen LogP contribution in [0.3, 0.4) is 0 Å². The third-order valence-corrected chi connectivity index (χ3v) is 3.21. The lowest BCUT2D eigenvalue weighted by Gasteiger charge is -2.03. The van der Waals surface area contributed by atoms with Gasteiger partial charge in [0.1, 0.15) is 5.65 Å². The van der Waals surface area contributed by atoms with Gasteiger partial charge in [-0.3, -0.25) is 9.20 Å². The quantitative estimate of drug-likeness (QED) is 0.448. The number of hydrogen-bond acceptors (Lipinski definition) is 3. The van der Waals surface area contributed by atoms with Gasteiger partial charge in [0.2, 0.25) is 0 Å². The number of aromatic nitrogens is 3. The van der Waals surface area contributed by atoms with Crippen molar-refractivity contribution >= 4 is 27.6 Å². The summed E-state index contributed by atoms with van der Waals surface area (Å²) in [5.41, 5.74) is 1.87. The van der Waals surface area contributed by atoms with Gasteiger partial charge >= 0.3 is 0 Å². The average Bonchev–Trinajstić information content (AvgIpc) is 2.46. The van der Waals surface area contributed by atoms with E-state index < -0.39 is 0 Å². The summed E-state index contributed by atoms with van der Waals surface area (Å²) in [5, 5.41) is 1.49. The lowest BCUT2D eigenvalue weighted by atomic mass is 10.2. The highest BCUT2D eigenvalue weighted by Gasteiger charge is 2.07. The van der Waals surface area contributed by atoms with Gasteiger partial charge in [0, 0.05) is 11.6 Å². The molecule has 0 saturated heterocycles. The van der Waals surface area contributed by atoms with Gasteiger partial charge in [0.25, 0.3) is 5.56 Å². The maximum Gasteiger partial charge on any atom is 0.267 e. The third-order valence-electron chi connectivity index (χ3n) is 3.21. The second kappa shape index (κ2) is 3.62. The molecule has 0 aliphatic rings. The second-order valence-electron chi connectivity index (χ2n) is 4.40. The van der Waals surface area contributed by atoms with E-state index in [-0.39, 0.29) is 5.56 Å². The van der Waals surface area contributed by atoms with Gasteiger partial charge in [-0.15, -0.1) is 0 Å². The summed E-state index contributed by atoms with van der Waals surface area (Å²) < 4.78 is 1.54. The number of fused-ring (bicyclic) bond motifs is 3. The summed E-state index contributed by atoms with van der Waals surface area (Å²) in [4.78, 5) is 21.3. The Kier molecular flexibility index (Phi) is 1.94. The molecule has 0 radical (unpaired) electrons. The topological polar surface area (TPSA) is 47.3 Å². The first-order valence-corrected chi connectivity index (χ1v) is 6.00. The van der Waals surface area contributed by atoms with E-state index in [0.29, 0.717) is 16.7 Å². The van der Waals surface area contributed by atoms with Gasteiger partial charge < -0.3 is 0 Å². The molecular formula is C15H9N3O. The van der Waals surface area contributed by atoms with E-state index in [1.807, 2.05) is 42.5 Å². The molecule has 0 atom stereocenters. The van der Waals surface area contributed by atoms with Gasteiger partial charge in [-0.05, 0) is 24.3 Å². The van der Waals surface area contributed by atoms with E-state index in [0.717, 1.165) is 10.9 Å². The number of rotatable bonds is 0. The first-order valence-electron chi connectivity index (χ1n) is 6.00. The first kappa shape index (κ1) is 10.2. The Labute approximate surface area is 108 Å². The van der Waals surface area contributed by atoms with Crippen LogP contribution in [-0.2, 0) is 0 Å². The van der Waals surface area contributed by atoms with Crippen molar-refractivity contribution in [3.63, 3.8) is 0 Å². The normalized spacial score (nSPS) is 11.4. The average molecular weight is 247 g/mol. The Morgan fingerprint density at radius 3 is 2.74 bits per heavy atom. The summed E-state index contributed by atoms with van der Waals surface area (Å²) in [7, 11) is 0. The van der Waals surface area contributed by atoms with E-state index in [4.69, 9.17) is 0 Å². The number of nitrogens with zero attached hydrogens (tertiary/aromatic N) is 3. The Morgan fingerprint density at radius 1 is 0.947 bits per heavy atom. The highest BCUT2D eigenvalue weighted by molar-refractivity contribution is 5.91. The van der Waals surface area contributed by atoms with Crippen molar-refractivity contribution in [1.29, 1.82) is 0 Å². The van der Waals surface area contributed by atoms with Crippen molar-refractivity contribution in [2.24, 2.45) is 0 Å². The van der Waals surface area contributed by atoms with Crippen molar-refractivity contribution in [1.82, 2.24) is 14.4 Å². The van der Waals surface area contributed by atoms with E-state index in [9.17, 15) is 4.79 Å². The molecule has 90 valence electrons. The molecule has 19 heavy (non-hydrogen) atoms. The van der Waals surface area contributed by atoms with Crippen LogP contribution < -0.4 is 5.56 Å². The number of hydrogen-bond donors (Lipinski definition) is 0. The van der Waals surface area contributed by atoms with Crippen molar-refractivity contribution in [3.8, 4) is 0 Å².